The van der Waals surface area contributed by atoms with Crippen molar-refractivity contribution in [3.05, 3.63) is 0 Å². The van der Waals surface area contributed by atoms with Crippen LogP contribution in [0.2, 0.25) is 0 Å². The van der Waals surface area contributed by atoms with Gasteiger partial charge in [-0.1, -0.05) is 78.6 Å². The Hall–Kier alpha value is 0.0200. The Balaban J connectivity index is 3.13. The van der Waals surface area contributed by atoms with Gasteiger partial charge < -0.3 is 0 Å². The van der Waals surface area contributed by atoms with Crippen LogP contribution in [0.5, 0.6) is 0 Å². The average molecular weight is 301 g/mol. The Morgan fingerprint density at radius 2 is 1.35 bits per heavy atom. The first-order valence-corrected chi connectivity index (χ1v) is 9.91. The van der Waals surface area contributed by atoms with Crippen LogP contribution in [0.4, 0.5) is 0 Å². The van der Waals surface area contributed by atoms with Crippen LogP contribution in [-0.4, -0.2) is 17.3 Å². The van der Waals surface area contributed by atoms with Crippen molar-refractivity contribution < 1.29 is 4.79 Å². The maximum Gasteiger partial charge on any atom is 0.142 e. The number of ketones is 1. The predicted octanol–water partition coefficient (Wildman–Crippen LogP) is 6.26. The summed E-state index contributed by atoms with van der Waals surface area (Å²) in [5.41, 5.74) is 0. The summed E-state index contributed by atoms with van der Waals surface area (Å²) in [6, 6.07) is 0. The fourth-order valence-corrected chi connectivity index (χ4v) is 3.25. The zero-order valence-corrected chi connectivity index (χ0v) is 14.9. The predicted molar refractivity (Wildman–Crippen MR) is 93.6 cm³/mol. The lowest BCUT2D eigenvalue weighted by atomic mass is 10.1. The number of rotatable bonds is 15. The Kier molecular flexibility index (Phi) is 15.4. The molecule has 0 saturated heterocycles. The highest BCUT2D eigenvalue weighted by Gasteiger charge is 2.03. The van der Waals surface area contributed by atoms with Crippen molar-refractivity contribution in [2.24, 2.45) is 5.92 Å². The Morgan fingerprint density at radius 3 is 1.85 bits per heavy atom. The molecule has 0 aromatic carbocycles. The van der Waals surface area contributed by atoms with Gasteiger partial charge in [0.05, 0.1) is 5.75 Å². The Bertz CT molecular complexity index is 213. The van der Waals surface area contributed by atoms with Gasteiger partial charge in [-0.25, -0.2) is 0 Å². The number of carbonyl (C=O) groups is 1. The standard InChI is InChI=1S/C18H36OS/c1-4-5-6-7-8-9-10-11-12-13-14-18(19)16-20-15-17(2)3/h17H,4-16H2,1-3H3. The van der Waals surface area contributed by atoms with Crippen molar-refractivity contribution in [2.75, 3.05) is 11.5 Å². The van der Waals surface area contributed by atoms with Crippen molar-refractivity contribution in [1.29, 1.82) is 0 Å². The van der Waals surface area contributed by atoms with Crippen LogP contribution in [0.1, 0.15) is 91.4 Å². The molecule has 0 bridgehead atoms. The quantitative estimate of drug-likeness (QED) is 0.332. The molecule has 0 amide bonds. The molecular formula is C18H36OS. The fourth-order valence-electron chi connectivity index (χ4n) is 2.29. The highest BCUT2D eigenvalue weighted by atomic mass is 32.2. The van der Waals surface area contributed by atoms with Crippen LogP contribution in [0, 0.1) is 5.92 Å². The highest BCUT2D eigenvalue weighted by molar-refractivity contribution is 7.99. The van der Waals surface area contributed by atoms with Gasteiger partial charge in [-0.15, -0.1) is 0 Å². The van der Waals surface area contributed by atoms with Crippen molar-refractivity contribution in [3.8, 4) is 0 Å². The minimum atomic E-state index is 0.454. The molecule has 0 atom stereocenters. The van der Waals surface area contributed by atoms with Gasteiger partial charge in [0.2, 0.25) is 0 Å². The number of thioether (sulfide) groups is 1. The minimum Gasteiger partial charge on any atom is -0.299 e. The second-order valence-electron chi connectivity index (χ2n) is 6.38. The van der Waals surface area contributed by atoms with Crippen molar-refractivity contribution >= 4 is 17.5 Å². The first kappa shape index (κ1) is 20.0. The maximum absolute atomic E-state index is 11.6. The molecule has 0 radical (unpaired) electrons. The summed E-state index contributed by atoms with van der Waals surface area (Å²) in [5, 5.41) is 0. The summed E-state index contributed by atoms with van der Waals surface area (Å²) in [6.45, 7) is 6.68. The summed E-state index contributed by atoms with van der Waals surface area (Å²) >= 11 is 1.80. The van der Waals surface area contributed by atoms with Crippen LogP contribution < -0.4 is 0 Å². The molecule has 0 rings (SSSR count). The average Bonchev–Trinajstić information content (AvgIpc) is 2.40. The van der Waals surface area contributed by atoms with Gasteiger partial charge in [0.1, 0.15) is 5.78 Å². The zero-order chi connectivity index (χ0) is 15.1. The molecule has 0 aliphatic carbocycles. The molecule has 0 aromatic rings. The van der Waals surface area contributed by atoms with E-state index in [-0.39, 0.29) is 0 Å². The van der Waals surface area contributed by atoms with Crippen molar-refractivity contribution in [3.63, 3.8) is 0 Å². The molecule has 1 nitrogen and oxygen atoms in total. The van der Waals surface area contributed by atoms with Gasteiger partial charge in [0, 0.05) is 6.42 Å². The Labute approximate surface area is 131 Å². The molecular weight excluding hydrogens is 264 g/mol. The molecule has 0 N–H and O–H groups in total. The van der Waals surface area contributed by atoms with E-state index >= 15 is 0 Å². The number of unbranched alkanes of at least 4 members (excludes halogenated alkanes) is 9. The van der Waals surface area contributed by atoms with Crippen molar-refractivity contribution in [1.82, 2.24) is 0 Å². The van der Waals surface area contributed by atoms with Crippen LogP contribution in [-0.2, 0) is 4.79 Å². The van der Waals surface area contributed by atoms with E-state index in [0.29, 0.717) is 11.7 Å². The molecule has 0 fully saturated rings. The molecule has 120 valence electrons. The van der Waals surface area contributed by atoms with E-state index in [1.165, 1.54) is 57.8 Å². The summed E-state index contributed by atoms with van der Waals surface area (Å²) in [4.78, 5) is 11.6. The van der Waals surface area contributed by atoms with E-state index in [4.69, 9.17) is 0 Å². The molecule has 0 aliphatic heterocycles. The van der Waals surface area contributed by atoms with E-state index in [1.807, 2.05) is 0 Å². The minimum absolute atomic E-state index is 0.454. The van der Waals surface area contributed by atoms with E-state index < -0.39 is 0 Å². The molecule has 0 aromatic heterocycles. The summed E-state index contributed by atoms with van der Waals surface area (Å²) < 4.78 is 0. The topological polar surface area (TPSA) is 17.1 Å². The number of hydrogen-bond donors (Lipinski definition) is 0. The highest BCUT2D eigenvalue weighted by Crippen LogP contribution is 2.13. The van der Waals surface area contributed by atoms with E-state index in [0.717, 1.165) is 24.3 Å². The third-order valence-corrected chi connectivity index (χ3v) is 4.95. The van der Waals surface area contributed by atoms with Crippen LogP contribution >= 0.6 is 11.8 Å². The van der Waals surface area contributed by atoms with Crippen LogP contribution in [0.3, 0.4) is 0 Å². The summed E-state index contributed by atoms with van der Waals surface area (Å²) in [7, 11) is 0. The number of Topliss-reactive ketones (excluding diaryl/α,β-unsaturated/α-hetero) is 1. The van der Waals surface area contributed by atoms with E-state index in [1.54, 1.807) is 11.8 Å². The fraction of sp³-hybridized carbons (Fsp3) is 0.944. The Morgan fingerprint density at radius 1 is 0.850 bits per heavy atom. The second kappa shape index (κ2) is 15.4. The number of carbonyl (C=O) groups excluding carboxylic acids is 1. The summed E-state index contributed by atoms with van der Waals surface area (Å²) in [6.07, 6.45) is 14.2. The smallest absolute Gasteiger partial charge is 0.142 e. The second-order valence-corrected chi connectivity index (χ2v) is 7.41. The monoisotopic (exact) mass is 300 g/mol. The van der Waals surface area contributed by atoms with Gasteiger partial charge in [0.25, 0.3) is 0 Å². The molecule has 2 heteroatoms. The maximum atomic E-state index is 11.6. The van der Waals surface area contributed by atoms with Crippen LogP contribution in [0.15, 0.2) is 0 Å². The molecule has 0 spiro atoms. The largest absolute Gasteiger partial charge is 0.299 e. The van der Waals surface area contributed by atoms with Gasteiger partial charge >= 0.3 is 0 Å². The number of hydrogen-bond acceptors (Lipinski definition) is 2. The molecule has 20 heavy (non-hydrogen) atoms. The molecule has 0 aliphatic rings. The lowest BCUT2D eigenvalue weighted by molar-refractivity contribution is -0.116. The lowest BCUT2D eigenvalue weighted by Gasteiger charge is -2.04. The van der Waals surface area contributed by atoms with E-state index in [2.05, 4.69) is 20.8 Å². The van der Waals surface area contributed by atoms with Crippen LogP contribution in [0.25, 0.3) is 0 Å². The first-order valence-electron chi connectivity index (χ1n) is 8.76. The molecule has 0 heterocycles. The van der Waals surface area contributed by atoms with Gasteiger partial charge in [-0.05, 0) is 18.1 Å². The van der Waals surface area contributed by atoms with E-state index in [9.17, 15) is 4.79 Å². The zero-order valence-electron chi connectivity index (χ0n) is 14.1. The third kappa shape index (κ3) is 16.1. The van der Waals surface area contributed by atoms with Gasteiger partial charge in [0.15, 0.2) is 0 Å². The molecule has 0 saturated carbocycles. The van der Waals surface area contributed by atoms with Gasteiger partial charge in [-0.2, -0.15) is 11.8 Å². The summed E-state index contributed by atoms with van der Waals surface area (Å²) in [5.74, 6) is 3.00. The van der Waals surface area contributed by atoms with Crippen molar-refractivity contribution in [2.45, 2.75) is 91.4 Å². The normalized spacial score (nSPS) is 11.2. The SMILES string of the molecule is CCCCCCCCCCCCC(=O)CSCC(C)C. The first-order chi connectivity index (χ1) is 9.66. The lowest BCUT2D eigenvalue weighted by Crippen LogP contribution is -2.03. The molecule has 0 unspecified atom stereocenters. The van der Waals surface area contributed by atoms with Gasteiger partial charge in [-0.3, -0.25) is 4.79 Å². The third-order valence-electron chi connectivity index (χ3n) is 3.52.